The highest BCUT2D eigenvalue weighted by molar-refractivity contribution is 6.80. The molecule has 0 fully saturated rings. The molecule has 0 N–H and O–H groups in total. The molecule has 0 radical (unpaired) electrons. The van der Waals surface area contributed by atoms with Crippen molar-refractivity contribution in [3.63, 3.8) is 0 Å². The van der Waals surface area contributed by atoms with E-state index in [4.69, 9.17) is 8.85 Å². The van der Waals surface area contributed by atoms with Gasteiger partial charge in [0, 0.05) is 5.73 Å². The minimum atomic E-state index is -1.89. The number of hydrogen-bond donors (Lipinski definition) is 0. The molecule has 2 atom stereocenters. The van der Waals surface area contributed by atoms with Crippen molar-refractivity contribution in [3.8, 4) is 0 Å². The molecule has 116 valence electrons. The van der Waals surface area contributed by atoms with Crippen molar-refractivity contribution in [2.24, 2.45) is 0 Å². The van der Waals surface area contributed by atoms with Crippen LogP contribution in [0.4, 0.5) is 0 Å². The first-order valence-electron chi connectivity index (χ1n) is 7.52. The predicted molar refractivity (Wildman–Crippen MR) is 94.5 cm³/mol. The summed E-state index contributed by atoms with van der Waals surface area (Å²) in [5.74, 6) is 0. The molecule has 5 heteroatoms. The molecule has 0 aliphatic rings. The van der Waals surface area contributed by atoms with Crippen molar-refractivity contribution >= 4 is 24.7 Å². The van der Waals surface area contributed by atoms with Crippen LogP contribution in [0.1, 0.15) is 27.2 Å². The maximum Gasteiger partial charge on any atom is 0.216 e. The van der Waals surface area contributed by atoms with E-state index < -0.39 is 24.7 Å². The predicted octanol–water partition coefficient (Wildman–Crippen LogP) is 5.03. The molecule has 0 aliphatic heterocycles. The Kier molecular flexibility index (Phi) is 6.32. The summed E-state index contributed by atoms with van der Waals surface area (Å²) in [5.41, 5.74) is 0.394. The van der Waals surface area contributed by atoms with E-state index >= 15 is 0 Å². The zero-order valence-corrected chi connectivity index (χ0v) is 18.1. The Balaban J connectivity index is 5.13. The highest BCUT2D eigenvalue weighted by Crippen LogP contribution is 2.34. The van der Waals surface area contributed by atoms with E-state index in [2.05, 4.69) is 73.1 Å². The molecule has 0 rings (SSSR count). The van der Waals surface area contributed by atoms with E-state index in [0.29, 0.717) is 5.73 Å². The van der Waals surface area contributed by atoms with Crippen LogP contribution < -0.4 is 0 Å². The Morgan fingerprint density at radius 1 is 0.947 bits per heavy atom. The van der Waals surface area contributed by atoms with Crippen molar-refractivity contribution in [1.82, 2.24) is 0 Å². The van der Waals surface area contributed by atoms with Gasteiger partial charge in [0.25, 0.3) is 0 Å². The molecule has 1 unspecified atom stereocenters. The fourth-order valence-electron chi connectivity index (χ4n) is 2.04. The second kappa shape index (κ2) is 6.13. The molecule has 19 heavy (non-hydrogen) atoms. The van der Waals surface area contributed by atoms with Crippen LogP contribution >= 0.6 is 0 Å². The summed E-state index contributed by atoms with van der Waals surface area (Å²) in [5, 5.41) is -0.0780. The van der Waals surface area contributed by atoms with Gasteiger partial charge in [0.1, 0.15) is 0 Å². The first-order valence-corrected chi connectivity index (χ1v) is 17.4. The quantitative estimate of drug-likeness (QED) is 0.612. The maximum atomic E-state index is 6.60. The summed E-state index contributed by atoms with van der Waals surface area (Å²) in [6.45, 7) is 25.4. The van der Waals surface area contributed by atoms with Crippen LogP contribution in [0.15, 0.2) is 0 Å². The van der Waals surface area contributed by atoms with Crippen LogP contribution in [0.5, 0.6) is 0 Å². The van der Waals surface area contributed by atoms with E-state index in [1.54, 1.807) is 0 Å². The van der Waals surface area contributed by atoms with E-state index in [0.717, 1.165) is 6.42 Å². The molecule has 0 aromatic heterocycles. The second-order valence-corrected chi connectivity index (χ2v) is 22.7. The van der Waals surface area contributed by atoms with E-state index in [1.165, 1.54) is 0 Å². The lowest BCUT2D eigenvalue weighted by molar-refractivity contribution is 0.111. The fraction of sp³-hybridized carbons (Fsp3) is 1.00. The van der Waals surface area contributed by atoms with Crippen LogP contribution in [-0.2, 0) is 8.85 Å². The average Bonchev–Trinajstić information content (AvgIpc) is 2.12. The molecule has 0 aromatic rings. The van der Waals surface area contributed by atoms with Crippen molar-refractivity contribution in [2.45, 2.75) is 90.5 Å². The van der Waals surface area contributed by atoms with E-state index in [9.17, 15) is 0 Å². The molecule has 0 spiro atoms. The Morgan fingerprint density at radius 3 is 1.63 bits per heavy atom. The molecular weight excluding hydrogens is 284 g/mol. The van der Waals surface area contributed by atoms with Gasteiger partial charge >= 0.3 is 0 Å². The maximum absolute atomic E-state index is 6.60. The Labute approximate surface area is 124 Å². The van der Waals surface area contributed by atoms with Crippen LogP contribution in [0.3, 0.4) is 0 Å². The summed E-state index contributed by atoms with van der Waals surface area (Å²) in [4.78, 5) is 0. The van der Waals surface area contributed by atoms with Crippen molar-refractivity contribution in [1.29, 1.82) is 0 Å². The number of hydrogen-bond acceptors (Lipinski definition) is 2. The lowest BCUT2D eigenvalue weighted by Gasteiger charge is -2.47. The number of rotatable bonds is 7. The van der Waals surface area contributed by atoms with Gasteiger partial charge in [-0.1, -0.05) is 26.6 Å². The topological polar surface area (TPSA) is 18.5 Å². The van der Waals surface area contributed by atoms with Crippen molar-refractivity contribution in [2.75, 3.05) is 0 Å². The van der Waals surface area contributed by atoms with Crippen LogP contribution in [0.2, 0.25) is 52.4 Å². The molecule has 0 amide bonds. The third-order valence-corrected chi connectivity index (χ3v) is 12.2. The summed E-state index contributed by atoms with van der Waals surface area (Å²) in [7, 11) is -4.70. The van der Waals surface area contributed by atoms with Gasteiger partial charge in [0.15, 0.2) is 8.32 Å². The minimum Gasteiger partial charge on any atom is -0.415 e. The van der Waals surface area contributed by atoms with Gasteiger partial charge in [-0.25, -0.2) is 0 Å². The standard InChI is InChI=1S/C14H36O2Si3/c1-12-14(3,16-18(7,8)9)19(10,11)15-13(2)17(4,5)6/h13H,12H2,1-11H3/t13-,14?/m0/s1. The summed E-state index contributed by atoms with van der Waals surface area (Å²) in [6.07, 6.45) is 1.04. The van der Waals surface area contributed by atoms with Gasteiger partial charge in [0.2, 0.25) is 8.32 Å². The van der Waals surface area contributed by atoms with Crippen LogP contribution in [0.25, 0.3) is 0 Å². The smallest absolute Gasteiger partial charge is 0.216 e. The van der Waals surface area contributed by atoms with Gasteiger partial charge in [-0.3, -0.25) is 0 Å². The average molecular weight is 321 g/mol. The monoisotopic (exact) mass is 320 g/mol. The Morgan fingerprint density at radius 2 is 1.37 bits per heavy atom. The highest BCUT2D eigenvalue weighted by atomic mass is 28.4. The lowest BCUT2D eigenvalue weighted by atomic mass is 10.3. The zero-order valence-electron chi connectivity index (χ0n) is 15.1. The molecule has 0 heterocycles. The Bertz CT molecular complexity index is 292. The van der Waals surface area contributed by atoms with Gasteiger partial charge in [-0.15, -0.1) is 0 Å². The van der Waals surface area contributed by atoms with Crippen LogP contribution in [-0.4, -0.2) is 35.7 Å². The second-order valence-electron chi connectivity index (χ2n) is 8.44. The van der Waals surface area contributed by atoms with E-state index in [-0.39, 0.29) is 5.22 Å². The SMILES string of the molecule is CCC(C)(O[Si](C)(C)C)[Si](C)(C)O[C@H](C)[Si](C)(C)C. The first-order chi connectivity index (χ1) is 8.15. The van der Waals surface area contributed by atoms with Gasteiger partial charge in [0.05, 0.1) is 13.3 Å². The fourth-order valence-corrected chi connectivity index (χ4v) is 9.72. The summed E-state index contributed by atoms with van der Waals surface area (Å²) >= 11 is 0. The molecule has 0 bridgehead atoms. The molecule has 0 aliphatic carbocycles. The summed E-state index contributed by atoms with van der Waals surface area (Å²) in [6, 6.07) is 0. The largest absolute Gasteiger partial charge is 0.415 e. The first kappa shape index (κ1) is 19.6. The molecule has 0 saturated heterocycles. The van der Waals surface area contributed by atoms with Gasteiger partial charge in [-0.05, 0) is 53.0 Å². The molecule has 0 saturated carbocycles. The van der Waals surface area contributed by atoms with Crippen LogP contribution in [0, 0.1) is 0 Å². The van der Waals surface area contributed by atoms with Crippen molar-refractivity contribution in [3.05, 3.63) is 0 Å². The normalized spacial score (nSPS) is 19.1. The zero-order chi connectivity index (χ0) is 15.7. The lowest BCUT2D eigenvalue weighted by Crippen LogP contribution is -2.62. The van der Waals surface area contributed by atoms with Gasteiger partial charge in [-0.2, -0.15) is 0 Å². The Hall–Kier alpha value is 0.571. The third-order valence-electron chi connectivity index (χ3n) is 4.17. The minimum absolute atomic E-state index is 0.0780. The molecular formula is C14H36O2Si3. The molecule has 0 aromatic carbocycles. The highest BCUT2D eigenvalue weighted by Gasteiger charge is 2.48. The summed E-state index contributed by atoms with van der Waals surface area (Å²) < 4.78 is 13.1. The third kappa shape index (κ3) is 5.83. The van der Waals surface area contributed by atoms with E-state index in [1.807, 2.05) is 0 Å². The molecule has 2 nitrogen and oxygen atoms in total. The van der Waals surface area contributed by atoms with Crippen molar-refractivity contribution < 1.29 is 8.85 Å². The van der Waals surface area contributed by atoms with Gasteiger partial charge < -0.3 is 8.85 Å².